The van der Waals surface area contributed by atoms with Gasteiger partial charge in [-0.2, -0.15) is 0 Å². The van der Waals surface area contributed by atoms with Crippen molar-refractivity contribution in [2.75, 3.05) is 0 Å². The molecule has 0 aliphatic rings. The van der Waals surface area contributed by atoms with E-state index in [1.807, 2.05) is 0 Å². The lowest BCUT2D eigenvalue weighted by molar-refractivity contribution is 0.0701. The highest BCUT2D eigenvalue weighted by Crippen LogP contribution is 2.27. The number of aromatic amines is 1. The van der Waals surface area contributed by atoms with E-state index in [1.165, 1.54) is 6.07 Å². The van der Waals surface area contributed by atoms with Crippen LogP contribution in [0.25, 0.3) is 10.2 Å². The van der Waals surface area contributed by atoms with Gasteiger partial charge in [0.1, 0.15) is 27.2 Å². The standard InChI is InChI=1S/C15H10F2N2O3S/c1-6-11-13(20)18-10(19-14(11)23-12(6)15(21)22)4-7-2-3-8(16)5-9(7)17/h2-3,5H,4H2,1H3,(H,21,22)(H,18,19,20). The van der Waals surface area contributed by atoms with Crippen LogP contribution < -0.4 is 5.56 Å². The molecule has 0 unspecified atom stereocenters. The summed E-state index contributed by atoms with van der Waals surface area (Å²) in [6.45, 7) is 1.54. The average molecular weight is 336 g/mol. The van der Waals surface area contributed by atoms with Crippen molar-refractivity contribution in [3.05, 3.63) is 62.0 Å². The van der Waals surface area contributed by atoms with Gasteiger partial charge in [0.15, 0.2) is 0 Å². The summed E-state index contributed by atoms with van der Waals surface area (Å²) in [6.07, 6.45) is -0.0311. The maximum absolute atomic E-state index is 13.7. The molecule has 1 aromatic carbocycles. The summed E-state index contributed by atoms with van der Waals surface area (Å²) in [4.78, 5) is 30.3. The van der Waals surface area contributed by atoms with Crippen LogP contribution in [0.1, 0.15) is 26.6 Å². The second kappa shape index (κ2) is 5.54. The lowest BCUT2D eigenvalue weighted by atomic mass is 10.1. The normalized spacial score (nSPS) is 11.1. The van der Waals surface area contributed by atoms with Crippen molar-refractivity contribution in [3.63, 3.8) is 0 Å². The Morgan fingerprint density at radius 2 is 2.13 bits per heavy atom. The van der Waals surface area contributed by atoms with Gasteiger partial charge in [0.2, 0.25) is 0 Å². The number of benzene rings is 1. The van der Waals surface area contributed by atoms with E-state index in [2.05, 4.69) is 9.97 Å². The number of aryl methyl sites for hydroxylation is 1. The van der Waals surface area contributed by atoms with Crippen molar-refractivity contribution in [1.82, 2.24) is 9.97 Å². The Morgan fingerprint density at radius 3 is 2.78 bits per heavy atom. The van der Waals surface area contributed by atoms with Crippen LogP contribution in [0.2, 0.25) is 0 Å². The Bertz CT molecular complexity index is 994. The number of aromatic nitrogens is 2. The number of hydrogen-bond donors (Lipinski definition) is 2. The molecule has 8 heteroatoms. The fourth-order valence-electron chi connectivity index (χ4n) is 2.32. The van der Waals surface area contributed by atoms with Crippen LogP contribution in [0, 0.1) is 18.6 Å². The number of H-pyrrole nitrogens is 1. The number of rotatable bonds is 3. The van der Waals surface area contributed by atoms with E-state index in [0.717, 1.165) is 23.5 Å². The highest BCUT2D eigenvalue weighted by atomic mass is 32.1. The molecule has 0 bridgehead atoms. The third-order valence-electron chi connectivity index (χ3n) is 3.42. The van der Waals surface area contributed by atoms with Gasteiger partial charge in [-0.3, -0.25) is 4.79 Å². The first kappa shape index (κ1) is 15.3. The zero-order chi connectivity index (χ0) is 16.7. The number of carboxylic acid groups (broad SMARTS) is 1. The number of thiophene rings is 1. The maximum Gasteiger partial charge on any atom is 0.346 e. The molecular formula is C15H10F2N2O3S. The number of halogens is 2. The van der Waals surface area contributed by atoms with E-state index in [9.17, 15) is 18.4 Å². The molecule has 0 spiro atoms. The third-order valence-corrected chi connectivity index (χ3v) is 4.59. The minimum absolute atomic E-state index is 0.0311. The number of carbonyl (C=O) groups is 1. The SMILES string of the molecule is Cc1c(C(=O)O)sc2nc(Cc3ccc(F)cc3F)[nH]c(=O)c12. The van der Waals surface area contributed by atoms with E-state index >= 15 is 0 Å². The summed E-state index contributed by atoms with van der Waals surface area (Å²) in [6, 6.07) is 3.15. The monoisotopic (exact) mass is 336 g/mol. The maximum atomic E-state index is 13.7. The van der Waals surface area contributed by atoms with Crippen LogP contribution in [-0.2, 0) is 6.42 Å². The predicted molar refractivity (Wildman–Crippen MR) is 81.1 cm³/mol. The van der Waals surface area contributed by atoms with E-state index in [-0.39, 0.29) is 32.9 Å². The first-order valence-electron chi connectivity index (χ1n) is 6.56. The van der Waals surface area contributed by atoms with Crippen LogP contribution in [0.4, 0.5) is 8.78 Å². The van der Waals surface area contributed by atoms with Gasteiger partial charge in [0.05, 0.1) is 5.39 Å². The molecule has 2 aromatic heterocycles. The van der Waals surface area contributed by atoms with Gasteiger partial charge in [-0.15, -0.1) is 11.3 Å². The molecule has 0 atom stereocenters. The second-order valence-corrected chi connectivity index (χ2v) is 5.97. The highest BCUT2D eigenvalue weighted by molar-refractivity contribution is 7.20. The quantitative estimate of drug-likeness (QED) is 0.770. The molecule has 2 heterocycles. The molecule has 0 radical (unpaired) electrons. The number of nitrogens with one attached hydrogen (secondary N) is 1. The van der Waals surface area contributed by atoms with Gasteiger partial charge in [-0.05, 0) is 24.1 Å². The third kappa shape index (κ3) is 2.72. The summed E-state index contributed by atoms with van der Waals surface area (Å²) < 4.78 is 26.6. The van der Waals surface area contributed by atoms with Crippen LogP contribution in [0.15, 0.2) is 23.0 Å². The van der Waals surface area contributed by atoms with E-state index < -0.39 is 23.2 Å². The summed E-state index contributed by atoms with van der Waals surface area (Å²) in [5.74, 6) is -2.37. The molecule has 3 rings (SSSR count). The number of fused-ring (bicyclic) bond motifs is 1. The molecule has 2 N–H and O–H groups in total. The first-order valence-corrected chi connectivity index (χ1v) is 7.38. The number of carboxylic acids is 1. The topological polar surface area (TPSA) is 83.0 Å². The number of aromatic carboxylic acids is 1. The van der Waals surface area contributed by atoms with Crippen molar-refractivity contribution in [3.8, 4) is 0 Å². The average Bonchev–Trinajstić information content (AvgIpc) is 2.80. The fourth-order valence-corrected chi connectivity index (χ4v) is 3.36. The van der Waals surface area contributed by atoms with Crippen molar-refractivity contribution in [2.24, 2.45) is 0 Å². The Labute approximate surface area is 132 Å². The van der Waals surface area contributed by atoms with Crippen molar-refractivity contribution < 1.29 is 18.7 Å². The molecule has 118 valence electrons. The largest absolute Gasteiger partial charge is 0.477 e. The Kier molecular flexibility index (Phi) is 3.69. The van der Waals surface area contributed by atoms with Gasteiger partial charge in [-0.1, -0.05) is 6.07 Å². The smallest absolute Gasteiger partial charge is 0.346 e. The van der Waals surface area contributed by atoms with E-state index in [1.54, 1.807) is 6.92 Å². The van der Waals surface area contributed by atoms with Crippen LogP contribution in [0.3, 0.4) is 0 Å². The lowest BCUT2D eigenvalue weighted by Crippen LogP contribution is -2.12. The van der Waals surface area contributed by atoms with Gasteiger partial charge < -0.3 is 10.1 Å². The molecule has 0 aliphatic heterocycles. The molecule has 0 amide bonds. The zero-order valence-electron chi connectivity index (χ0n) is 11.8. The molecular weight excluding hydrogens is 326 g/mol. The molecule has 5 nitrogen and oxygen atoms in total. The minimum Gasteiger partial charge on any atom is -0.477 e. The molecule has 0 fully saturated rings. The van der Waals surface area contributed by atoms with Gasteiger partial charge >= 0.3 is 5.97 Å². The first-order chi connectivity index (χ1) is 10.9. The molecule has 0 saturated heterocycles. The molecule has 3 aromatic rings. The van der Waals surface area contributed by atoms with Crippen molar-refractivity contribution >= 4 is 27.5 Å². The fraction of sp³-hybridized carbons (Fsp3) is 0.133. The second-order valence-electron chi connectivity index (χ2n) is 4.97. The zero-order valence-corrected chi connectivity index (χ0v) is 12.6. The van der Waals surface area contributed by atoms with E-state index in [4.69, 9.17) is 5.11 Å². The lowest BCUT2D eigenvalue weighted by Gasteiger charge is -2.03. The summed E-state index contributed by atoms with van der Waals surface area (Å²) in [7, 11) is 0. The Morgan fingerprint density at radius 1 is 1.39 bits per heavy atom. The number of hydrogen-bond acceptors (Lipinski definition) is 4. The summed E-state index contributed by atoms with van der Waals surface area (Å²) >= 11 is 0.893. The highest BCUT2D eigenvalue weighted by Gasteiger charge is 2.19. The van der Waals surface area contributed by atoms with Gasteiger partial charge in [-0.25, -0.2) is 18.6 Å². The van der Waals surface area contributed by atoms with Crippen LogP contribution >= 0.6 is 11.3 Å². The number of nitrogens with zero attached hydrogens (tertiary/aromatic N) is 1. The van der Waals surface area contributed by atoms with Gasteiger partial charge in [0, 0.05) is 12.5 Å². The Hall–Kier alpha value is -2.61. The van der Waals surface area contributed by atoms with E-state index in [0.29, 0.717) is 5.56 Å². The summed E-state index contributed by atoms with van der Waals surface area (Å²) in [5, 5.41) is 9.33. The van der Waals surface area contributed by atoms with Crippen molar-refractivity contribution in [1.29, 1.82) is 0 Å². The summed E-state index contributed by atoms with van der Waals surface area (Å²) in [5.41, 5.74) is 0.0557. The molecule has 0 saturated carbocycles. The molecule has 0 aliphatic carbocycles. The predicted octanol–water partition coefficient (Wildman–Crippen LogP) is 2.86. The van der Waals surface area contributed by atoms with Crippen molar-refractivity contribution in [2.45, 2.75) is 13.3 Å². The van der Waals surface area contributed by atoms with Gasteiger partial charge in [0.25, 0.3) is 5.56 Å². The Balaban J connectivity index is 2.09. The molecule has 23 heavy (non-hydrogen) atoms. The minimum atomic E-state index is -1.13. The van der Waals surface area contributed by atoms with Crippen LogP contribution in [-0.4, -0.2) is 21.0 Å². The van der Waals surface area contributed by atoms with Crippen LogP contribution in [0.5, 0.6) is 0 Å².